The molecule has 5 nitrogen and oxygen atoms in total. The molecule has 1 heterocycles. The second kappa shape index (κ2) is 3.61. The molecule has 1 rings (SSSR count). The first-order valence-electron chi connectivity index (χ1n) is 4.18. The van der Waals surface area contributed by atoms with Gasteiger partial charge in [0.15, 0.2) is 0 Å². The van der Waals surface area contributed by atoms with Gasteiger partial charge in [0.2, 0.25) is 0 Å². The Balaban J connectivity index is 2.72. The predicted octanol–water partition coefficient (Wildman–Crippen LogP) is -1.17. The topological polar surface area (TPSA) is 77.5 Å². The van der Waals surface area contributed by atoms with E-state index in [4.69, 9.17) is 0 Å². The molecular weight excluding hydrogens is 186 g/mol. The van der Waals surface area contributed by atoms with E-state index in [0.717, 1.165) is 4.90 Å². The predicted molar refractivity (Wildman–Crippen MR) is 44.7 cm³/mol. The number of aliphatic carboxylic acids is 1. The average molecular weight is 196 g/mol. The largest absolute Gasteiger partial charge is 0.550 e. The molecule has 1 aliphatic heterocycles. The molecule has 0 aliphatic carbocycles. The van der Waals surface area contributed by atoms with Crippen molar-refractivity contribution < 1.29 is 19.5 Å². The standard InChI is InChI=1S/C9H11NO4/c1-5-6(2)9(14)10(8(5)13)4-3-7(11)12/h3-4H2,1-2H3,(H,11,12)/p-1. The highest BCUT2D eigenvalue weighted by Crippen LogP contribution is 2.19. The zero-order valence-electron chi connectivity index (χ0n) is 7.99. The molecule has 0 atom stereocenters. The molecule has 76 valence electrons. The van der Waals surface area contributed by atoms with Gasteiger partial charge in [-0.2, -0.15) is 0 Å². The Morgan fingerprint density at radius 1 is 1.21 bits per heavy atom. The first kappa shape index (κ1) is 10.4. The van der Waals surface area contributed by atoms with E-state index in [2.05, 4.69) is 0 Å². The Kier molecular flexibility index (Phi) is 2.69. The first-order chi connectivity index (χ1) is 6.45. The maximum atomic E-state index is 11.4. The van der Waals surface area contributed by atoms with Gasteiger partial charge in [0.25, 0.3) is 11.8 Å². The number of amides is 2. The molecule has 0 N–H and O–H groups in total. The van der Waals surface area contributed by atoms with Crippen molar-refractivity contribution in [1.82, 2.24) is 4.90 Å². The number of carboxylic acids is 1. The van der Waals surface area contributed by atoms with Gasteiger partial charge in [-0.05, 0) is 13.8 Å². The summed E-state index contributed by atoms with van der Waals surface area (Å²) in [6.45, 7) is 2.98. The molecule has 0 radical (unpaired) electrons. The van der Waals surface area contributed by atoms with Gasteiger partial charge in [0.05, 0.1) is 0 Å². The number of carbonyl (C=O) groups excluding carboxylic acids is 3. The Morgan fingerprint density at radius 3 is 2.00 bits per heavy atom. The molecule has 0 aromatic carbocycles. The summed E-state index contributed by atoms with van der Waals surface area (Å²) in [5.41, 5.74) is 0.765. The zero-order chi connectivity index (χ0) is 10.9. The highest BCUT2D eigenvalue weighted by molar-refractivity contribution is 6.18. The molecule has 0 aromatic rings. The van der Waals surface area contributed by atoms with Gasteiger partial charge in [-0.25, -0.2) is 0 Å². The Hall–Kier alpha value is -1.65. The minimum atomic E-state index is -1.27. The van der Waals surface area contributed by atoms with Crippen LogP contribution < -0.4 is 5.11 Å². The highest BCUT2D eigenvalue weighted by Gasteiger charge is 2.32. The van der Waals surface area contributed by atoms with Crippen molar-refractivity contribution in [3.05, 3.63) is 11.1 Å². The van der Waals surface area contributed by atoms with Crippen molar-refractivity contribution in [3.63, 3.8) is 0 Å². The van der Waals surface area contributed by atoms with Gasteiger partial charge in [-0.3, -0.25) is 14.5 Å². The van der Waals surface area contributed by atoms with Crippen molar-refractivity contribution in [1.29, 1.82) is 0 Å². The Bertz CT molecular complexity index is 319. The molecule has 2 amide bonds. The average Bonchev–Trinajstić information content (AvgIpc) is 2.29. The number of hydrogen-bond acceptors (Lipinski definition) is 4. The van der Waals surface area contributed by atoms with E-state index in [1.165, 1.54) is 0 Å². The summed E-state index contributed by atoms with van der Waals surface area (Å²) < 4.78 is 0. The molecule has 0 saturated carbocycles. The molecule has 5 heteroatoms. The third-order valence-electron chi connectivity index (χ3n) is 2.23. The summed E-state index contributed by atoms with van der Waals surface area (Å²) in [6, 6.07) is 0. The van der Waals surface area contributed by atoms with Crippen molar-refractivity contribution in [3.8, 4) is 0 Å². The molecule has 0 bridgehead atoms. The van der Waals surface area contributed by atoms with Gasteiger partial charge >= 0.3 is 0 Å². The summed E-state index contributed by atoms with van der Waals surface area (Å²) in [4.78, 5) is 33.8. The van der Waals surface area contributed by atoms with Crippen LogP contribution in [0, 0.1) is 0 Å². The number of nitrogens with zero attached hydrogens (tertiary/aromatic N) is 1. The second-order valence-corrected chi connectivity index (χ2v) is 3.13. The van der Waals surface area contributed by atoms with E-state index in [1.54, 1.807) is 13.8 Å². The number of rotatable bonds is 3. The quantitative estimate of drug-likeness (QED) is 0.533. The SMILES string of the molecule is CC1=C(C)C(=O)N(CCC(=O)[O-])C1=O. The molecule has 0 spiro atoms. The third kappa shape index (κ3) is 1.66. The third-order valence-corrected chi connectivity index (χ3v) is 2.23. The van der Waals surface area contributed by atoms with Gasteiger partial charge in [-0.1, -0.05) is 0 Å². The summed E-state index contributed by atoms with van der Waals surface area (Å²) >= 11 is 0. The lowest BCUT2D eigenvalue weighted by molar-refractivity contribution is -0.305. The van der Waals surface area contributed by atoms with Crippen LogP contribution in [0.15, 0.2) is 11.1 Å². The molecule has 1 aliphatic rings. The lowest BCUT2D eigenvalue weighted by Gasteiger charge is -2.14. The van der Waals surface area contributed by atoms with Crippen molar-refractivity contribution in [2.75, 3.05) is 6.54 Å². The van der Waals surface area contributed by atoms with Gasteiger partial charge in [0, 0.05) is 30.1 Å². The van der Waals surface area contributed by atoms with Crippen LogP contribution in [-0.4, -0.2) is 29.2 Å². The number of carbonyl (C=O) groups is 3. The second-order valence-electron chi connectivity index (χ2n) is 3.13. The summed E-state index contributed by atoms with van der Waals surface area (Å²) in [5, 5.41) is 10.2. The van der Waals surface area contributed by atoms with Crippen molar-refractivity contribution in [2.45, 2.75) is 20.3 Å². The molecule has 14 heavy (non-hydrogen) atoms. The zero-order valence-corrected chi connectivity index (χ0v) is 7.99. The summed E-state index contributed by atoms with van der Waals surface area (Å²) in [5.74, 6) is -2.09. The van der Waals surface area contributed by atoms with Crippen LogP contribution in [0.25, 0.3) is 0 Å². The number of carboxylic acid groups (broad SMARTS) is 1. The molecular formula is C9H10NO4-. The number of hydrogen-bond donors (Lipinski definition) is 0. The van der Waals surface area contributed by atoms with E-state index in [0.29, 0.717) is 11.1 Å². The Labute approximate surface area is 81.0 Å². The van der Waals surface area contributed by atoms with E-state index in [-0.39, 0.29) is 13.0 Å². The normalized spacial score (nSPS) is 16.9. The van der Waals surface area contributed by atoms with Crippen LogP contribution in [0.1, 0.15) is 20.3 Å². The van der Waals surface area contributed by atoms with Crippen molar-refractivity contribution >= 4 is 17.8 Å². The van der Waals surface area contributed by atoms with E-state index in [1.807, 2.05) is 0 Å². The lowest BCUT2D eigenvalue weighted by atomic mass is 10.2. The van der Waals surface area contributed by atoms with Crippen LogP contribution in [0.2, 0.25) is 0 Å². The maximum Gasteiger partial charge on any atom is 0.256 e. The molecule has 0 unspecified atom stereocenters. The monoisotopic (exact) mass is 196 g/mol. The highest BCUT2D eigenvalue weighted by atomic mass is 16.4. The van der Waals surface area contributed by atoms with Crippen molar-refractivity contribution in [2.24, 2.45) is 0 Å². The molecule has 0 fully saturated rings. The summed E-state index contributed by atoms with van der Waals surface area (Å²) in [6.07, 6.45) is -0.321. The van der Waals surface area contributed by atoms with Crippen LogP contribution in [0.4, 0.5) is 0 Å². The smallest absolute Gasteiger partial charge is 0.256 e. The number of imide groups is 1. The van der Waals surface area contributed by atoms with Gasteiger partial charge < -0.3 is 9.90 Å². The fourth-order valence-corrected chi connectivity index (χ4v) is 1.22. The van der Waals surface area contributed by atoms with Gasteiger partial charge in [-0.15, -0.1) is 0 Å². The lowest BCUT2D eigenvalue weighted by Crippen LogP contribution is -2.36. The van der Waals surface area contributed by atoms with E-state index >= 15 is 0 Å². The van der Waals surface area contributed by atoms with Crippen LogP contribution in [-0.2, 0) is 14.4 Å². The minimum Gasteiger partial charge on any atom is -0.550 e. The molecule has 0 aromatic heterocycles. The minimum absolute atomic E-state index is 0.116. The fraction of sp³-hybridized carbons (Fsp3) is 0.444. The van der Waals surface area contributed by atoms with E-state index < -0.39 is 17.8 Å². The first-order valence-corrected chi connectivity index (χ1v) is 4.18. The van der Waals surface area contributed by atoms with Crippen LogP contribution in [0.3, 0.4) is 0 Å². The maximum absolute atomic E-state index is 11.4. The van der Waals surface area contributed by atoms with Crippen LogP contribution in [0.5, 0.6) is 0 Å². The fourth-order valence-electron chi connectivity index (χ4n) is 1.22. The Morgan fingerprint density at radius 2 is 1.64 bits per heavy atom. The van der Waals surface area contributed by atoms with Crippen LogP contribution >= 0.6 is 0 Å². The molecule has 0 saturated heterocycles. The van der Waals surface area contributed by atoms with E-state index in [9.17, 15) is 19.5 Å². The van der Waals surface area contributed by atoms with Gasteiger partial charge in [0.1, 0.15) is 0 Å². The summed E-state index contributed by atoms with van der Waals surface area (Å²) in [7, 11) is 0.